The second-order valence-electron chi connectivity index (χ2n) is 6.27. The molecule has 0 aliphatic rings. The van der Waals surface area contributed by atoms with Gasteiger partial charge in [0.15, 0.2) is 5.82 Å². The van der Waals surface area contributed by atoms with E-state index in [9.17, 15) is 9.18 Å². The van der Waals surface area contributed by atoms with Crippen LogP contribution in [0.3, 0.4) is 0 Å². The van der Waals surface area contributed by atoms with Gasteiger partial charge in [0, 0.05) is 18.0 Å². The average molecular weight is 412 g/mol. The van der Waals surface area contributed by atoms with Crippen molar-refractivity contribution in [2.45, 2.75) is 24.4 Å². The minimum absolute atomic E-state index is 0.0878. The Morgan fingerprint density at radius 1 is 1.21 bits per heavy atom. The van der Waals surface area contributed by atoms with Crippen LogP contribution < -0.4 is 16.1 Å². The molecular weight excluding hydrogens is 395 g/mol. The summed E-state index contributed by atoms with van der Waals surface area (Å²) < 4.78 is 21.3. The number of hydrogen-bond donors (Lipinski definition) is 1. The topological polar surface area (TPSA) is 100 Å². The maximum absolute atomic E-state index is 12.9. The zero-order chi connectivity index (χ0) is 20.4. The first-order valence-electron chi connectivity index (χ1n) is 8.70. The third kappa shape index (κ3) is 4.06. The van der Waals surface area contributed by atoms with Crippen LogP contribution in [0.15, 0.2) is 58.6 Å². The number of nitrogens with zero attached hydrogens (tertiary/aromatic N) is 5. The van der Waals surface area contributed by atoms with Crippen LogP contribution in [-0.2, 0) is 12.4 Å². The van der Waals surface area contributed by atoms with Crippen LogP contribution in [0.2, 0.25) is 0 Å². The van der Waals surface area contributed by atoms with Gasteiger partial charge in [-0.15, -0.1) is 10.2 Å². The van der Waals surface area contributed by atoms with Crippen molar-refractivity contribution >= 4 is 17.4 Å². The van der Waals surface area contributed by atoms with Crippen molar-refractivity contribution < 1.29 is 9.13 Å². The van der Waals surface area contributed by atoms with Crippen LogP contribution in [0.1, 0.15) is 17.1 Å². The molecule has 0 spiro atoms. The van der Waals surface area contributed by atoms with Gasteiger partial charge in [-0.2, -0.15) is 0 Å². The fraction of sp³-hybridized carbons (Fsp3) is 0.158. The summed E-state index contributed by atoms with van der Waals surface area (Å²) in [6.45, 7) is 1.99. The lowest BCUT2D eigenvalue weighted by atomic mass is 10.3. The third-order valence-electron chi connectivity index (χ3n) is 4.21. The minimum Gasteiger partial charge on any atom is -0.486 e. The molecule has 0 fully saturated rings. The lowest BCUT2D eigenvalue weighted by Gasteiger charge is -2.07. The number of aryl methyl sites for hydroxylation is 1. The van der Waals surface area contributed by atoms with E-state index < -0.39 is 0 Å². The van der Waals surface area contributed by atoms with Crippen LogP contribution in [0.5, 0.6) is 5.75 Å². The number of pyridine rings is 1. The lowest BCUT2D eigenvalue weighted by Crippen LogP contribution is -2.17. The lowest BCUT2D eigenvalue weighted by molar-refractivity contribution is 0.291. The van der Waals surface area contributed by atoms with Crippen molar-refractivity contribution in [1.82, 2.24) is 24.3 Å². The molecule has 148 valence electrons. The predicted octanol–water partition coefficient (Wildman–Crippen LogP) is 2.32. The number of thioether (sulfide) groups is 1. The van der Waals surface area contributed by atoms with Gasteiger partial charge in [-0.05, 0) is 42.8 Å². The highest BCUT2D eigenvalue weighted by atomic mass is 32.2. The Kier molecular flexibility index (Phi) is 5.17. The van der Waals surface area contributed by atoms with E-state index in [0.717, 1.165) is 5.56 Å². The molecule has 10 heteroatoms. The maximum Gasteiger partial charge on any atom is 0.258 e. The fourth-order valence-corrected chi connectivity index (χ4v) is 3.47. The van der Waals surface area contributed by atoms with Crippen LogP contribution in [0.25, 0.3) is 5.65 Å². The van der Waals surface area contributed by atoms with Gasteiger partial charge in [-0.25, -0.2) is 14.1 Å². The molecule has 8 nitrogen and oxygen atoms in total. The summed E-state index contributed by atoms with van der Waals surface area (Å²) in [4.78, 5) is 16.8. The van der Waals surface area contributed by atoms with Crippen molar-refractivity contribution in [3.8, 4) is 5.75 Å². The first kappa shape index (κ1) is 18.9. The molecule has 0 saturated carbocycles. The molecule has 4 aromatic rings. The highest BCUT2D eigenvalue weighted by Crippen LogP contribution is 2.20. The van der Waals surface area contributed by atoms with Crippen molar-refractivity contribution in [3.63, 3.8) is 0 Å². The highest BCUT2D eigenvalue weighted by Gasteiger charge is 2.12. The normalized spacial score (nSPS) is 11.1. The monoisotopic (exact) mass is 412 g/mol. The predicted molar refractivity (Wildman–Crippen MR) is 107 cm³/mol. The molecule has 0 aliphatic heterocycles. The summed E-state index contributed by atoms with van der Waals surface area (Å²) in [6, 6.07) is 10.9. The number of aromatic nitrogens is 5. The number of ether oxygens (including phenoxy) is 1. The number of nitrogens with two attached hydrogens (primary N) is 1. The van der Waals surface area contributed by atoms with E-state index >= 15 is 0 Å². The number of halogens is 1. The molecule has 3 heterocycles. The van der Waals surface area contributed by atoms with Crippen molar-refractivity contribution in [2.75, 3.05) is 5.84 Å². The Balaban J connectivity index is 1.45. The second-order valence-corrected chi connectivity index (χ2v) is 7.21. The number of hydrogen-bond acceptors (Lipinski definition) is 7. The summed E-state index contributed by atoms with van der Waals surface area (Å²) in [5.74, 6) is 7.03. The van der Waals surface area contributed by atoms with Gasteiger partial charge in [-0.3, -0.25) is 9.20 Å². The molecule has 3 aromatic heterocycles. The molecule has 4 rings (SSSR count). The third-order valence-corrected chi connectivity index (χ3v) is 5.18. The van der Waals surface area contributed by atoms with E-state index in [1.54, 1.807) is 6.20 Å². The number of rotatable bonds is 6. The van der Waals surface area contributed by atoms with Gasteiger partial charge in [0.05, 0.1) is 5.69 Å². The molecule has 29 heavy (non-hydrogen) atoms. The van der Waals surface area contributed by atoms with E-state index in [1.165, 1.54) is 51.2 Å². The average Bonchev–Trinajstić information content (AvgIpc) is 3.06. The first-order chi connectivity index (χ1) is 14.0. The van der Waals surface area contributed by atoms with Gasteiger partial charge in [0.25, 0.3) is 5.56 Å². The van der Waals surface area contributed by atoms with Crippen molar-refractivity contribution in [1.29, 1.82) is 0 Å². The molecule has 0 atom stereocenters. The van der Waals surface area contributed by atoms with E-state index in [4.69, 9.17) is 10.6 Å². The Bertz CT molecular complexity index is 1220. The number of fused-ring (bicyclic) bond motifs is 1. The SMILES string of the molecule is Cc1cccn2c(=O)cc(CSc3nnc(COc4ccc(F)cc4)n3N)nc12. The highest BCUT2D eigenvalue weighted by molar-refractivity contribution is 7.98. The Morgan fingerprint density at radius 3 is 2.79 bits per heavy atom. The molecule has 1 aromatic carbocycles. The van der Waals surface area contributed by atoms with Gasteiger partial charge >= 0.3 is 0 Å². The Labute approximate surface area is 169 Å². The Hall–Kier alpha value is -3.40. The smallest absolute Gasteiger partial charge is 0.258 e. The van der Waals surface area contributed by atoms with Crippen LogP contribution in [0, 0.1) is 12.7 Å². The minimum atomic E-state index is -0.338. The molecule has 0 bridgehead atoms. The summed E-state index contributed by atoms with van der Waals surface area (Å²) in [5.41, 5.74) is 2.02. The van der Waals surface area contributed by atoms with Crippen LogP contribution >= 0.6 is 11.8 Å². The summed E-state index contributed by atoms with van der Waals surface area (Å²) in [6.07, 6.45) is 1.69. The summed E-state index contributed by atoms with van der Waals surface area (Å²) in [5, 5.41) is 8.55. The van der Waals surface area contributed by atoms with Crippen molar-refractivity contribution in [3.05, 3.63) is 81.9 Å². The number of benzene rings is 1. The molecule has 0 saturated heterocycles. The largest absolute Gasteiger partial charge is 0.486 e. The second kappa shape index (κ2) is 7.92. The fourth-order valence-electron chi connectivity index (χ4n) is 2.70. The molecule has 2 N–H and O–H groups in total. The van der Waals surface area contributed by atoms with Crippen LogP contribution in [0.4, 0.5) is 4.39 Å². The van der Waals surface area contributed by atoms with Crippen LogP contribution in [-0.4, -0.2) is 24.3 Å². The van der Waals surface area contributed by atoms with E-state index in [2.05, 4.69) is 15.2 Å². The maximum atomic E-state index is 12.9. The van der Waals surface area contributed by atoms with E-state index in [1.807, 2.05) is 19.1 Å². The zero-order valence-corrected chi connectivity index (χ0v) is 16.3. The van der Waals surface area contributed by atoms with E-state index in [0.29, 0.717) is 33.8 Å². The molecule has 0 unspecified atom stereocenters. The van der Waals surface area contributed by atoms with Gasteiger partial charge in [0.1, 0.15) is 23.8 Å². The van der Waals surface area contributed by atoms with Crippen molar-refractivity contribution in [2.24, 2.45) is 0 Å². The van der Waals surface area contributed by atoms with Gasteiger partial charge in [-0.1, -0.05) is 17.8 Å². The molecule has 0 amide bonds. The molecule has 0 aliphatic carbocycles. The zero-order valence-electron chi connectivity index (χ0n) is 15.4. The summed E-state index contributed by atoms with van der Waals surface area (Å²) in [7, 11) is 0. The first-order valence-corrected chi connectivity index (χ1v) is 9.68. The standard InChI is InChI=1S/C19H17FN6O2S/c1-12-3-2-8-25-17(27)9-14(22-18(12)25)11-29-19-24-23-16(26(19)21)10-28-15-6-4-13(20)5-7-15/h2-9H,10-11,21H2,1H3. The summed E-state index contributed by atoms with van der Waals surface area (Å²) >= 11 is 1.32. The number of nitrogen functional groups attached to an aromatic ring is 1. The molecular formula is C19H17FN6O2S. The van der Waals surface area contributed by atoms with Gasteiger partial charge in [0.2, 0.25) is 5.16 Å². The quantitative estimate of drug-likeness (QED) is 0.383. The molecule has 0 radical (unpaired) electrons. The Morgan fingerprint density at radius 2 is 2.00 bits per heavy atom. The van der Waals surface area contributed by atoms with E-state index in [-0.39, 0.29) is 18.0 Å². The van der Waals surface area contributed by atoms with Gasteiger partial charge < -0.3 is 10.6 Å².